The molecule has 1 unspecified atom stereocenters. The van der Waals surface area contributed by atoms with Gasteiger partial charge in [0.25, 0.3) is 0 Å². The Hall–Kier alpha value is -2.86. The fraction of sp³-hybridized carbons (Fsp3) is 0.500. The first-order chi connectivity index (χ1) is 16.5. The van der Waals surface area contributed by atoms with Crippen molar-refractivity contribution in [3.63, 3.8) is 0 Å². The number of ether oxygens (including phenoxy) is 1. The van der Waals surface area contributed by atoms with Gasteiger partial charge < -0.3 is 19.9 Å². The molecule has 3 aliphatic heterocycles. The minimum absolute atomic E-state index is 0.0191. The van der Waals surface area contributed by atoms with Crippen molar-refractivity contribution in [1.82, 2.24) is 9.80 Å². The van der Waals surface area contributed by atoms with Gasteiger partial charge in [-0.3, -0.25) is 9.59 Å². The fourth-order valence-electron chi connectivity index (χ4n) is 5.51. The average Bonchev–Trinajstić information content (AvgIpc) is 3.31. The second-order valence-corrected chi connectivity index (χ2v) is 10.1. The van der Waals surface area contributed by atoms with E-state index in [4.69, 9.17) is 4.74 Å². The van der Waals surface area contributed by atoms with Crippen LogP contribution in [0.3, 0.4) is 0 Å². The van der Waals surface area contributed by atoms with E-state index in [0.29, 0.717) is 19.6 Å². The van der Waals surface area contributed by atoms with Gasteiger partial charge in [-0.1, -0.05) is 12.1 Å². The average molecular weight is 462 g/mol. The molecule has 3 aliphatic rings. The van der Waals surface area contributed by atoms with Crippen LogP contribution in [-0.4, -0.2) is 54.4 Å². The number of amides is 2. The number of piperidine rings is 1. The zero-order valence-corrected chi connectivity index (χ0v) is 20.4. The lowest BCUT2D eigenvalue weighted by Gasteiger charge is -2.37. The number of carbonyl (C=O) groups is 2. The maximum atomic E-state index is 13.3. The van der Waals surface area contributed by atoms with Crippen molar-refractivity contribution in [3.05, 3.63) is 58.1 Å². The van der Waals surface area contributed by atoms with Gasteiger partial charge in [-0.05, 0) is 85.7 Å². The standard InChI is InChI=1S/C28H35N3O3/c1-19-14-21-7-12-31(18-24(21)15-20(19)2)28(33)23-4-3-10-30(17-23)11-8-27(32)29-25-5-6-26-22(16-25)9-13-34-26/h5-6,14-16,23H,3-4,7-13,17-18H2,1-2H3,(H,29,32). The van der Waals surface area contributed by atoms with Gasteiger partial charge >= 0.3 is 0 Å². The van der Waals surface area contributed by atoms with Crippen LogP contribution in [0, 0.1) is 19.8 Å². The minimum atomic E-state index is 0.0191. The maximum Gasteiger partial charge on any atom is 0.227 e. The van der Waals surface area contributed by atoms with Gasteiger partial charge in [0.15, 0.2) is 0 Å². The molecular weight excluding hydrogens is 426 g/mol. The molecule has 0 spiro atoms. The molecule has 34 heavy (non-hydrogen) atoms. The van der Waals surface area contributed by atoms with Crippen LogP contribution in [0.1, 0.15) is 47.1 Å². The second kappa shape index (κ2) is 9.79. The van der Waals surface area contributed by atoms with Crippen molar-refractivity contribution in [2.24, 2.45) is 5.92 Å². The molecule has 1 N–H and O–H groups in total. The molecule has 3 heterocycles. The number of aryl methyl sites for hydroxylation is 2. The lowest BCUT2D eigenvalue weighted by Crippen LogP contribution is -2.46. The first-order valence-corrected chi connectivity index (χ1v) is 12.6. The van der Waals surface area contributed by atoms with Crippen LogP contribution in [0.25, 0.3) is 0 Å². The third-order valence-corrected chi connectivity index (χ3v) is 7.62. The molecular formula is C28H35N3O3. The van der Waals surface area contributed by atoms with Crippen LogP contribution >= 0.6 is 0 Å². The van der Waals surface area contributed by atoms with E-state index >= 15 is 0 Å². The summed E-state index contributed by atoms with van der Waals surface area (Å²) in [6.07, 6.45) is 4.21. The Balaban J connectivity index is 1.12. The molecule has 0 bridgehead atoms. The third kappa shape index (κ3) is 4.97. The molecule has 1 fully saturated rings. The number of rotatable bonds is 5. The lowest BCUT2D eigenvalue weighted by molar-refractivity contribution is -0.138. The molecule has 5 rings (SSSR count). The molecule has 2 aromatic carbocycles. The van der Waals surface area contributed by atoms with Gasteiger partial charge in [0, 0.05) is 44.7 Å². The normalized spacial score (nSPS) is 19.8. The summed E-state index contributed by atoms with van der Waals surface area (Å²) >= 11 is 0. The summed E-state index contributed by atoms with van der Waals surface area (Å²) in [4.78, 5) is 30.2. The van der Waals surface area contributed by atoms with Crippen molar-refractivity contribution in [1.29, 1.82) is 0 Å². The Morgan fingerprint density at radius 3 is 2.71 bits per heavy atom. The molecule has 6 heteroatoms. The number of anilines is 1. The van der Waals surface area contributed by atoms with E-state index in [-0.39, 0.29) is 17.7 Å². The highest BCUT2D eigenvalue weighted by molar-refractivity contribution is 5.91. The smallest absolute Gasteiger partial charge is 0.227 e. The molecule has 0 saturated carbocycles. The van der Waals surface area contributed by atoms with E-state index < -0.39 is 0 Å². The highest BCUT2D eigenvalue weighted by Crippen LogP contribution is 2.28. The number of nitrogens with one attached hydrogen (secondary N) is 1. The number of nitrogens with zero attached hydrogens (tertiary/aromatic N) is 2. The van der Waals surface area contributed by atoms with Crippen molar-refractivity contribution >= 4 is 17.5 Å². The molecule has 1 saturated heterocycles. The van der Waals surface area contributed by atoms with E-state index in [1.165, 1.54) is 22.3 Å². The Morgan fingerprint density at radius 2 is 1.85 bits per heavy atom. The predicted molar refractivity (Wildman–Crippen MR) is 133 cm³/mol. The number of carbonyl (C=O) groups excluding carboxylic acids is 2. The summed E-state index contributed by atoms with van der Waals surface area (Å²) in [5, 5.41) is 3.02. The molecule has 0 aromatic heterocycles. The highest BCUT2D eigenvalue weighted by atomic mass is 16.5. The van der Waals surface area contributed by atoms with E-state index in [1.54, 1.807) is 0 Å². The number of hydrogen-bond donors (Lipinski definition) is 1. The predicted octanol–water partition coefficient (Wildman–Crippen LogP) is 3.86. The maximum absolute atomic E-state index is 13.3. The monoisotopic (exact) mass is 461 g/mol. The van der Waals surface area contributed by atoms with Gasteiger partial charge in [0.05, 0.1) is 12.5 Å². The number of hydrogen-bond acceptors (Lipinski definition) is 4. The summed E-state index contributed by atoms with van der Waals surface area (Å²) in [5.74, 6) is 1.25. The van der Waals surface area contributed by atoms with Crippen LogP contribution in [0.15, 0.2) is 30.3 Å². The third-order valence-electron chi connectivity index (χ3n) is 7.62. The lowest BCUT2D eigenvalue weighted by atomic mass is 9.92. The summed E-state index contributed by atoms with van der Waals surface area (Å²) in [6.45, 7) is 8.93. The Morgan fingerprint density at radius 1 is 1.03 bits per heavy atom. The zero-order chi connectivity index (χ0) is 23.7. The number of benzene rings is 2. The van der Waals surface area contributed by atoms with Gasteiger partial charge in [0.1, 0.15) is 5.75 Å². The Labute approximate surface area is 202 Å². The van der Waals surface area contributed by atoms with E-state index in [0.717, 1.165) is 68.9 Å². The molecule has 6 nitrogen and oxygen atoms in total. The van der Waals surface area contributed by atoms with Crippen molar-refractivity contribution in [2.45, 2.75) is 52.5 Å². The molecule has 180 valence electrons. The summed E-state index contributed by atoms with van der Waals surface area (Å²) in [7, 11) is 0. The molecule has 2 aromatic rings. The van der Waals surface area contributed by atoms with E-state index in [1.807, 2.05) is 18.2 Å². The van der Waals surface area contributed by atoms with Crippen molar-refractivity contribution < 1.29 is 14.3 Å². The van der Waals surface area contributed by atoms with Crippen LogP contribution in [0.2, 0.25) is 0 Å². The van der Waals surface area contributed by atoms with Crippen molar-refractivity contribution in [3.8, 4) is 5.75 Å². The van der Waals surface area contributed by atoms with Crippen LogP contribution in [0.5, 0.6) is 5.75 Å². The topological polar surface area (TPSA) is 61.9 Å². The molecule has 1 atom stereocenters. The Bertz CT molecular complexity index is 1100. The van der Waals surface area contributed by atoms with Gasteiger partial charge in [-0.15, -0.1) is 0 Å². The molecule has 0 radical (unpaired) electrons. The summed E-state index contributed by atoms with van der Waals surface area (Å²) in [5.41, 5.74) is 7.29. The number of likely N-dealkylation sites (tertiary alicyclic amines) is 1. The first-order valence-electron chi connectivity index (χ1n) is 12.6. The fourth-order valence-corrected chi connectivity index (χ4v) is 5.51. The van der Waals surface area contributed by atoms with E-state index in [2.05, 4.69) is 41.1 Å². The second-order valence-electron chi connectivity index (χ2n) is 10.1. The van der Waals surface area contributed by atoms with E-state index in [9.17, 15) is 9.59 Å². The van der Waals surface area contributed by atoms with Crippen molar-refractivity contribution in [2.75, 3.05) is 38.1 Å². The van der Waals surface area contributed by atoms with Gasteiger partial charge in [-0.2, -0.15) is 0 Å². The Kier molecular flexibility index (Phi) is 6.59. The highest BCUT2D eigenvalue weighted by Gasteiger charge is 2.31. The zero-order valence-electron chi connectivity index (χ0n) is 20.4. The largest absolute Gasteiger partial charge is 0.493 e. The quantitative estimate of drug-likeness (QED) is 0.735. The van der Waals surface area contributed by atoms with Gasteiger partial charge in [-0.25, -0.2) is 0 Å². The molecule has 2 amide bonds. The minimum Gasteiger partial charge on any atom is -0.493 e. The number of fused-ring (bicyclic) bond motifs is 2. The van der Waals surface area contributed by atoms with Crippen LogP contribution in [-0.2, 0) is 29.0 Å². The SMILES string of the molecule is Cc1cc2c(cc1C)CN(C(=O)C1CCCN(CCC(=O)Nc3ccc4c(c3)CCO4)C1)CC2. The van der Waals surface area contributed by atoms with Crippen LogP contribution < -0.4 is 10.1 Å². The van der Waals surface area contributed by atoms with Gasteiger partial charge in [0.2, 0.25) is 11.8 Å². The summed E-state index contributed by atoms with van der Waals surface area (Å²) in [6, 6.07) is 10.4. The summed E-state index contributed by atoms with van der Waals surface area (Å²) < 4.78 is 5.54. The first kappa shape index (κ1) is 22.9. The molecule has 0 aliphatic carbocycles. The van der Waals surface area contributed by atoms with Crippen LogP contribution in [0.4, 0.5) is 5.69 Å².